The van der Waals surface area contributed by atoms with Crippen molar-refractivity contribution in [3.05, 3.63) is 35.7 Å². The number of benzene rings is 1. The van der Waals surface area contributed by atoms with Crippen LogP contribution in [0.25, 0.3) is 11.5 Å². The van der Waals surface area contributed by atoms with E-state index < -0.39 is 0 Å². The van der Waals surface area contributed by atoms with Gasteiger partial charge in [0.05, 0.1) is 11.1 Å². The zero-order valence-electron chi connectivity index (χ0n) is 11.3. The minimum absolute atomic E-state index is 0.0120. The minimum atomic E-state index is 0.0120. The predicted molar refractivity (Wildman–Crippen MR) is 73.2 cm³/mol. The number of hydrogen-bond donors (Lipinski definition) is 1. The summed E-state index contributed by atoms with van der Waals surface area (Å²) in [7, 11) is 0. The van der Waals surface area contributed by atoms with Crippen molar-refractivity contribution < 1.29 is 9.32 Å². The molecule has 1 aliphatic rings. The van der Waals surface area contributed by atoms with Crippen LogP contribution in [0.1, 0.15) is 16.2 Å². The highest BCUT2D eigenvalue weighted by Crippen LogP contribution is 2.23. The number of carbonyl (C=O) groups is 1. The topological polar surface area (TPSA) is 71.3 Å². The van der Waals surface area contributed by atoms with E-state index in [1.165, 1.54) is 0 Å². The Hall–Kier alpha value is -2.21. The van der Waals surface area contributed by atoms with Gasteiger partial charge in [-0.15, -0.1) is 0 Å². The van der Waals surface area contributed by atoms with Gasteiger partial charge in [-0.3, -0.25) is 4.79 Å². The van der Waals surface area contributed by atoms with Crippen LogP contribution in [-0.2, 0) is 0 Å². The van der Waals surface area contributed by atoms with E-state index in [0.717, 1.165) is 26.2 Å². The Balaban J connectivity index is 1.95. The van der Waals surface area contributed by atoms with Crippen molar-refractivity contribution in [3.8, 4) is 11.5 Å². The second-order valence-electron chi connectivity index (χ2n) is 4.73. The standard InChI is InChI=1S/C14H16N4O2/c1-10-16-13(20-17-10)11-4-2-3-5-12(11)14(19)18-8-6-15-7-9-18/h2-5,15H,6-9H2,1H3. The third-order valence-corrected chi connectivity index (χ3v) is 3.32. The lowest BCUT2D eigenvalue weighted by Gasteiger charge is -2.27. The molecule has 0 aliphatic carbocycles. The van der Waals surface area contributed by atoms with Crippen LogP contribution in [0, 0.1) is 6.92 Å². The molecule has 0 atom stereocenters. The van der Waals surface area contributed by atoms with Crippen LogP contribution >= 0.6 is 0 Å². The van der Waals surface area contributed by atoms with Crippen molar-refractivity contribution in [2.24, 2.45) is 0 Å². The summed E-state index contributed by atoms with van der Waals surface area (Å²) in [5.41, 5.74) is 1.30. The lowest BCUT2D eigenvalue weighted by atomic mass is 10.1. The molecule has 2 aromatic rings. The van der Waals surface area contributed by atoms with Gasteiger partial charge in [0, 0.05) is 26.2 Å². The number of piperazine rings is 1. The number of hydrogen-bond acceptors (Lipinski definition) is 5. The third kappa shape index (κ3) is 2.42. The number of aromatic nitrogens is 2. The molecule has 1 aliphatic heterocycles. The fourth-order valence-electron chi connectivity index (χ4n) is 2.30. The average molecular weight is 272 g/mol. The monoisotopic (exact) mass is 272 g/mol. The van der Waals surface area contributed by atoms with Gasteiger partial charge in [0.2, 0.25) is 0 Å². The summed E-state index contributed by atoms with van der Waals surface area (Å²) in [6.07, 6.45) is 0. The van der Waals surface area contributed by atoms with Gasteiger partial charge in [0.25, 0.3) is 11.8 Å². The Morgan fingerprint density at radius 2 is 2.05 bits per heavy atom. The second kappa shape index (κ2) is 5.42. The Labute approximate surface area is 116 Å². The smallest absolute Gasteiger partial charge is 0.258 e. The number of nitrogens with one attached hydrogen (secondary N) is 1. The zero-order chi connectivity index (χ0) is 13.9. The molecule has 6 nitrogen and oxygen atoms in total. The molecule has 0 spiro atoms. The lowest BCUT2D eigenvalue weighted by molar-refractivity contribution is 0.0736. The number of carbonyl (C=O) groups excluding carboxylic acids is 1. The Bertz CT molecular complexity index is 617. The first-order chi connectivity index (χ1) is 9.75. The normalized spacial score (nSPS) is 15.3. The largest absolute Gasteiger partial charge is 0.336 e. The van der Waals surface area contributed by atoms with Crippen LogP contribution in [-0.4, -0.2) is 47.1 Å². The summed E-state index contributed by atoms with van der Waals surface area (Å²) in [6, 6.07) is 7.35. The Morgan fingerprint density at radius 1 is 1.30 bits per heavy atom. The van der Waals surface area contributed by atoms with Gasteiger partial charge in [0.15, 0.2) is 5.82 Å². The fourth-order valence-corrected chi connectivity index (χ4v) is 2.30. The third-order valence-electron chi connectivity index (χ3n) is 3.32. The van der Waals surface area contributed by atoms with E-state index in [-0.39, 0.29) is 5.91 Å². The molecule has 2 heterocycles. The van der Waals surface area contributed by atoms with E-state index >= 15 is 0 Å². The van der Waals surface area contributed by atoms with Crippen LogP contribution < -0.4 is 5.32 Å². The van der Waals surface area contributed by atoms with E-state index in [1.54, 1.807) is 13.0 Å². The van der Waals surface area contributed by atoms with E-state index in [1.807, 2.05) is 23.1 Å². The van der Waals surface area contributed by atoms with Crippen LogP contribution in [0.3, 0.4) is 0 Å². The van der Waals surface area contributed by atoms with E-state index in [0.29, 0.717) is 22.8 Å². The summed E-state index contributed by atoms with van der Waals surface area (Å²) in [5, 5.41) is 7.02. The van der Waals surface area contributed by atoms with Gasteiger partial charge >= 0.3 is 0 Å². The SMILES string of the molecule is Cc1noc(-c2ccccc2C(=O)N2CCNCC2)n1. The molecule has 1 N–H and O–H groups in total. The molecule has 6 heteroatoms. The van der Waals surface area contributed by atoms with Crippen molar-refractivity contribution in [1.82, 2.24) is 20.4 Å². The average Bonchev–Trinajstić information content (AvgIpc) is 2.94. The lowest BCUT2D eigenvalue weighted by Crippen LogP contribution is -2.46. The molecule has 1 amide bonds. The van der Waals surface area contributed by atoms with Gasteiger partial charge < -0.3 is 14.7 Å². The quantitative estimate of drug-likeness (QED) is 0.886. The zero-order valence-corrected chi connectivity index (χ0v) is 11.3. The first kappa shape index (κ1) is 12.8. The molecule has 1 aromatic heterocycles. The van der Waals surface area contributed by atoms with Crippen molar-refractivity contribution in [1.29, 1.82) is 0 Å². The van der Waals surface area contributed by atoms with Crippen LogP contribution in [0.4, 0.5) is 0 Å². The summed E-state index contributed by atoms with van der Waals surface area (Å²) in [4.78, 5) is 18.7. The molecule has 0 unspecified atom stereocenters. The molecule has 0 bridgehead atoms. The maximum Gasteiger partial charge on any atom is 0.258 e. The van der Waals surface area contributed by atoms with Crippen LogP contribution in [0.5, 0.6) is 0 Å². The maximum atomic E-state index is 12.6. The van der Waals surface area contributed by atoms with E-state index in [4.69, 9.17) is 4.52 Å². The molecule has 1 saturated heterocycles. The van der Waals surface area contributed by atoms with Crippen molar-refractivity contribution in [2.45, 2.75) is 6.92 Å². The van der Waals surface area contributed by atoms with Gasteiger partial charge in [0.1, 0.15) is 0 Å². The first-order valence-corrected chi connectivity index (χ1v) is 6.65. The molecule has 0 saturated carbocycles. The summed E-state index contributed by atoms with van der Waals surface area (Å²) in [5.74, 6) is 0.962. The summed E-state index contributed by atoms with van der Waals surface area (Å²) >= 11 is 0. The number of nitrogens with zero attached hydrogens (tertiary/aromatic N) is 3. The van der Waals surface area contributed by atoms with Gasteiger partial charge in [-0.25, -0.2) is 0 Å². The summed E-state index contributed by atoms with van der Waals surface area (Å²) in [6.45, 7) is 4.85. The van der Waals surface area contributed by atoms with E-state index in [2.05, 4.69) is 15.5 Å². The molecule has 20 heavy (non-hydrogen) atoms. The molecule has 0 radical (unpaired) electrons. The molecular weight excluding hydrogens is 256 g/mol. The second-order valence-corrected chi connectivity index (χ2v) is 4.73. The van der Waals surface area contributed by atoms with Crippen LogP contribution in [0.2, 0.25) is 0 Å². The number of aryl methyl sites for hydroxylation is 1. The molecular formula is C14H16N4O2. The van der Waals surface area contributed by atoms with Gasteiger partial charge in [-0.2, -0.15) is 4.98 Å². The number of amides is 1. The Kier molecular flexibility index (Phi) is 3.47. The highest BCUT2D eigenvalue weighted by Gasteiger charge is 2.22. The Morgan fingerprint density at radius 3 is 2.75 bits per heavy atom. The summed E-state index contributed by atoms with van der Waals surface area (Å²) < 4.78 is 5.18. The molecule has 1 aromatic carbocycles. The number of rotatable bonds is 2. The molecule has 1 fully saturated rings. The minimum Gasteiger partial charge on any atom is -0.336 e. The first-order valence-electron chi connectivity index (χ1n) is 6.65. The highest BCUT2D eigenvalue weighted by molar-refractivity contribution is 6.00. The van der Waals surface area contributed by atoms with Crippen molar-refractivity contribution in [2.75, 3.05) is 26.2 Å². The van der Waals surface area contributed by atoms with Crippen molar-refractivity contribution in [3.63, 3.8) is 0 Å². The maximum absolute atomic E-state index is 12.6. The van der Waals surface area contributed by atoms with Crippen molar-refractivity contribution >= 4 is 5.91 Å². The van der Waals surface area contributed by atoms with Gasteiger partial charge in [-0.05, 0) is 19.1 Å². The molecule has 104 valence electrons. The van der Waals surface area contributed by atoms with Crippen LogP contribution in [0.15, 0.2) is 28.8 Å². The fraction of sp³-hybridized carbons (Fsp3) is 0.357. The van der Waals surface area contributed by atoms with Gasteiger partial charge in [-0.1, -0.05) is 17.3 Å². The predicted octanol–water partition coefficient (Wildman–Crippen LogP) is 1.09. The highest BCUT2D eigenvalue weighted by atomic mass is 16.5. The molecule has 3 rings (SSSR count). The van der Waals surface area contributed by atoms with E-state index in [9.17, 15) is 4.79 Å².